The maximum atomic E-state index is 11.8. The molecule has 4 nitrogen and oxygen atoms in total. The molecular formula is C11H23F3N2O2. The summed E-state index contributed by atoms with van der Waals surface area (Å²) in [6.07, 6.45) is -2.36. The van der Waals surface area contributed by atoms with Crippen LogP contribution in [0.5, 0.6) is 0 Å². The normalized spacial score (nSPS) is 14.8. The molecule has 0 saturated carbocycles. The Bertz CT molecular complexity index is 223. The lowest BCUT2D eigenvalue weighted by Gasteiger charge is -2.25. The van der Waals surface area contributed by atoms with Crippen molar-refractivity contribution in [2.45, 2.75) is 50.9 Å². The number of hydrazine groups is 1. The number of ether oxygens (including phenoxy) is 2. The molecule has 0 radical (unpaired) electrons. The van der Waals surface area contributed by atoms with Crippen LogP contribution in [-0.4, -0.2) is 38.1 Å². The molecule has 1 unspecified atom stereocenters. The fourth-order valence-electron chi connectivity index (χ4n) is 1.35. The molecule has 0 aliphatic rings. The van der Waals surface area contributed by atoms with E-state index >= 15 is 0 Å². The van der Waals surface area contributed by atoms with Gasteiger partial charge in [0.2, 0.25) is 0 Å². The second-order valence-corrected chi connectivity index (χ2v) is 4.82. The molecule has 0 spiro atoms. The maximum Gasteiger partial charge on any atom is 0.411 e. The van der Waals surface area contributed by atoms with E-state index < -0.39 is 12.8 Å². The van der Waals surface area contributed by atoms with Crippen LogP contribution >= 0.6 is 0 Å². The number of halogens is 3. The molecule has 0 bridgehead atoms. The van der Waals surface area contributed by atoms with Crippen LogP contribution in [0.25, 0.3) is 0 Å². The standard InChI is InChI=1S/C11H23F3N2O2/c1-10(2,17-3)6-4-9(16-15)5-7-18-8-11(12,13)14/h9,16H,4-8,15H2,1-3H3. The largest absolute Gasteiger partial charge is 0.411 e. The average molecular weight is 272 g/mol. The van der Waals surface area contributed by atoms with Gasteiger partial charge in [-0.3, -0.25) is 11.3 Å². The molecule has 0 heterocycles. The second kappa shape index (κ2) is 7.93. The van der Waals surface area contributed by atoms with Crippen LogP contribution in [0.2, 0.25) is 0 Å². The fourth-order valence-corrected chi connectivity index (χ4v) is 1.35. The van der Waals surface area contributed by atoms with Crippen molar-refractivity contribution < 1.29 is 22.6 Å². The van der Waals surface area contributed by atoms with E-state index in [1.54, 1.807) is 7.11 Å². The Balaban J connectivity index is 3.78. The fraction of sp³-hybridized carbons (Fsp3) is 1.00. The number of hydrogen-bond donors (Lipinski definition) is 2. The Kier molecular flexibility index (Phi) is 7.77. The summed E-state index contributed by atoms with van der Waals surface area (Å²) in [5.74, 6) is 5.34. The highest BCUT2D eigenvalue weighted by molar-refractivity contribution is 4.73. The van der Waals surface area contributed by atoms with E-state index in [4.69, 9.17) is 10.6 Å². The molecule has 3 N–H and O–H groups in total. The van der Waals surface area contributed by atoms with Crippen LogP contribution in [0, 0.1) is 0 Å². The molecule has 0 aliphatic carbocycles. The van der Waals surface area contributed by atoms with E-state index in [2.05, 4.69) is 10.2 Å². The SMILES string of the molecule is COC(C)(C)CCC(CCOCC(F)(F)F)NN. The van der Waals surface area contributed by atoms with Crippen LogP contribution in [0.3, 0.4) is 0 Å². The van der Waals surface area contributed by atoms with E-state index in [0.29, 0.717) is 12.8 Å². The molecule has 7 heteroatoms. The zero-order valence-electron chi connectivity index (χ0n) is 11.1. The Morgan fingerprint density at radius 2 is 1.83 bits per heavy atom. The van der Waals surface area contributed by atoms with Crippen LogP contribution in [-0.2, 0) is 9.47 Å². The average Bonchev–Trinajstić information content (AvgIpc) is 2.27. The summed E-state index contributed by atoms with van der Waals surface area (Å²) in [5.41, 5.74) is 2.32. The molecule has 0 amide bonds. The minimum absolute atomic E-state index is 0.0296. The first-order valence-electron chi connectivity index (χ1n) is 5.86. The van der Waals surface area contributed by atoms with Crippen LogP contribution in [0.1, 0.15) is 33.1 Å². The van der Waals surface area contributed by atoms with Crippen molar-refractivity contribution in [1.29, 1.82) is 0 Å². The summed E-state index contributed by atoms with van der Waals surface area (Å²) in [5, 5.41) is 0. The third kappa shape index (κ3) is 9.64. The van der Waals surface area contributed by atoms with Crippen LogP contribution in [0.4, 0.5) is 13.2 Å². The Morgan fingerprint density at radius 3 is 2.28 bits per heavy atom. The summed E-state index contributed by atoms with van der Waals surface area (Å²) >= 11 is 0. The molecule has 0 rings (SSSR count). The van der Waals surface area contributed by atoms with Crippen LogP contribution in [0.15, 0.2) is 0 Å². The summed E-state index contributed by atoms with van der Waals surface area (Å²) in [4.78, 5) is 0. The number of alkyl halides is 3. The lowest BCUT2D eigenvalue weighted by Crippen LogP contribution is -2.38. The molecule has 0 fully saturated rings. The van der Waals surface area contributed by atoms with E-state index in [9.17, 15) is 13.2 Å². The van der Waals surface area contributed by atoms with Gasteiger partial charge in [0.15, 0.2) is 0 Å². The van der Waals surface area contributed by atoms with Gasteiger partial charge in [0.1, 0.15) is 6.61 Å². The molecule has 110 valence electrons. The summed E-state index contributed by atoms with van der Waals surface area (Å²) in [6, 6.07) is -0.0762. The first-order chi connectivity index (χ1) is 8.20. The lowest BCUT2D eigenvalue weighted by molar-refractivity contribution is -0.174. The number of methoxy groups -OCH3 is 1. The lowest BCUT2D eigenvalue weighted by atomic mass is 9.98. The van der Waals surface area contributed by atoms with Crippen LogP contribution < -0.4 is 11.3 Å². The van der Waals surface area contributed by atoms with Crippen molar-refractivity contribution in [1.82, 2.24) is 5.43 Å². The third-order valence-electron chi connectivity index (χ3n) is 2.76. The molecular weight excluding hydrogens is 249 g/mol. The predicted octanol–water partition coefficient (Wildman–Crippen LogP) is 1.99. The highest BCUT2D eigenvalue weighted by Gasteiger charge is 2.27. The topological polar surface area (TPSA) is 56.5 Å². The maximum absolute atomic E-state index is 11.8. The quantitative estimate of drug-likeness (QED) is 0.383. The minimum Gasteiger partial charge on any atom is -0.379 e. The summed E-state index contributed by atoms with van der Waals surface area (Å²) in [6.45, 7) is 2.71. The molecule has 0 aromatic heterocycles. The Morgan fingerprint density at radius 1 is 1.22 bits per heavy atom. The van der Waals surface area contributed by atoms with Gasteiger partial charge in [-0.05, 0) is 33.1 Å². The smallest absolute Gasteiger partial charge is 0.379 e. The van der Waals surface area contributed by atoms with E-state index in [-0.39, 0.29) is 18.2 Å². The Labute approximate surface area is 106 Å². The summed E-state index contributed by atoms with van der Waals surface area (Å²) < 4.78 is 45.3. The molecule has 1 atom stereocenters. The molecule has 18 heavy (non-hydrogen) atoms. The zero-order valence-corrected chi connectivity index (χ0v) is 11.1. The highest BCUT2D eigenvalue weighted by Crippen LogP contribution is 2.18. The van der Waals surface area contributed by atoms with Crippen molar-refractivity contribution in [3.63, 3.8) is 0 Å². The molecule has 0 aromatic rings. The molecule has 0 saturated heterocycles. The van der Waals surface area contributed by atoms with Gasteiger partial charge in [-0.15, -0.1) is 0 Å². The van der Waals surface area contributed by atoms with Gasteiger partial charge in [0.25, 0.3) is 0 Å². The first-order valence-corrected chi connectivity index (χ1v) is 5.86. The van der Waals surface area contributed by atoms with E-state index in [1.807, 2.05) is 13.8 Å². The monoisotopic (exact) mass is 272 g/mol. The van der Waals surface area contributed by atoms with Crippen molar-refractivity contribution in [3.8, 4) is 0 Å². The van der Waals surface area contributed by atoms with Crippen molar-refractivity contribution in [2.24, 2.45) is 5.84 Å². The second-order valence-electron chi connectivity index (χ2n) is 4.82. The first kappa shape index (κ1) is 17.6. The Hall–Kier alpha value is -0.370. The van der Waals surface area contributed by atoms with E-state index in [1.165, 1.54) is 0 Å². The predicted molar refractivity (Wildman–Crippen MR) is 62.9 cm³/mol. The number of hydrogen-bond acceptors (Lipinski definition) is 4. The third-order valence-corrected chi connectivity index (χ3v) is 2.76. The number of rotatable bonds is 9. The van der Waals surface area contributed by atoms with Gasteiger partial charge in [0, 0.05) is 19.8 Å². The minimum atomic E-state index is -4.27. The number of nitrogens with one attached hydrogen (secondary N) is 1. The highest BCUT2D eigenvalue weighted by atomic mass is 19.4. The van der Waals surface area contributed by atoms with Crippen molar-refractivity contribution >= 4 is 0 Å². The van der Waals surface area contributed by atoms with E-state index in [0.717, 1.165) is 6.42 Å². The van der Waals surface area contributed by atoms with Gasteiger partial charge >= 0.3 is 6.18 Å². The summed E-state index contributed by atoms with van der Waals surface area (Å²) in [7, 11) is 1.62. The van der Waals surface area contributed by atoms with Gasteiger partial charge in [-0.1, -0.05) is 0 Å². The number of nitrogens with two attached hydrogens (primary N) is 1. The van der Waals surface area contributed by atoms with Gasteiger partial charge in [-0.2, -0.15) is 13.2 Å². The van der Waals surface area contributed by atoms with Gasteiger partial charge in [-0.25, -0.2) is 0 Å². The van der Waals surface area contributed by atoms with Gasteiger partial charge < -0.3 is 9.47 Å². The van der Waals surface area contributed by atoms with Crippen molar-refractivity contribution in [2.75, 3.05) is 20.3 Å². The molecule has 0 aromatic carbocycles. The molecule has 0 aliphatic heterocycles. The van der Waals surface area contributed by atoms with Crippen molar-refractivity contribution in [3.05, 3.63) is 0 Å². The van der Waals surface area contributed by atoms with Gasteiger partial charge in [0.05, 0.1) is 5.60 Å². The zero-order chi connectivity index (χ0) is 14.2.